The van der Waals surface area contributed by atoms with Gasteiger partial charge in [0.1, 0.15) is 11.9 Å². The Balaban J connectivity index is 1.44. The van der Waals surface area contributed by atoms with Gasteiger partial charge in [0.05, 0.1) is 23.6 Å². The van der Waals surface area contributed by atoms with Crippen molar-refractivity contribution in [2.45, 2.75) is 127 Å². The molecule has 0 aromatic heterocycles. The highest BCUT2D eigenvalue weighted by molar-refractivity contribution is 8.03. The molecule has 3 aliphatic carbocycles. The minimum absolute atomic E-state index is 0.0403. The lowest BCUT2D eigenvalue weighted by Gasteiger charge is -2.35. The first-order valence-corrected chi connectivity index (χ1v) is 22.8. The van der Waals surface area contributed by atoms with E-state index in [4.69, 9.17) is 44.2 Å². The van der Waals surface area contributed by atoms with Crippen molar-refractivity contribution in [1.29, 1.82) is 5.41 Å². The minimum Gasteiger partial charge on any atom is -0.387 e. The Bertz CT molecular complexity index is 1730. The number of methoxy groups -OCH3 is 1. The molecule has 1 aromatic carbocycles. The summed E-state index contributed by atoms with van der Waals surface area (Å²) in [6.07, 6.45) is 11.3. The Hall–Kier alpha value is -2.15. The summed E-state index contributed by atoms with van der Waals surface area (Å²) in [6.45, 7) is 9.23. The van der Waals surface area contributed by atoms with E-state index in [9.17, 15) is 18.4 Å². The van der Waals surface area contributed by atoms with Crippen molar-refractivity contribution in [3.05, 3.63) is 74.5 Å². The molecule has 1 saturated carbocycles. The SMILES string of the molecule is COC1CC(C2CC(C(C)(C)c3ccc(SN)c(Cl)c3)=CC3CC3=C(SCCC(Cl)CC(CCF)C(=O)NC(CCCC(C)C(C)C(=N)N)C(C)=O)C2)=CC=C1F. The molecular weight excluding hydrogens is 806 g/mol. The van der Waals surface area contributed by atoms with Gasteiger partial charge in [0.15, 0.2) is 5.78 Å². The Labute approximate surface area is 357 Å². The largest absolute Gasteiger partial charge is 0.387 e. The lowest BCUT2D eigenvalue weighted by atomic mass is 9.71. The van der Waals surface area contributed by atoms with Crippen LogP contribution in [0.4, 0.5) is 8.78 Å². The molecule has 8 atom stereocenters. The molecule has 0 heterocycles. The summed E-state index contributed by atoms with van der Waals surface area (Å²) in [5.74, 6) is 0.0810. The zero-order valence-electron chi connectivity index (χ0n) is 34.3. The number of benzene rings is 1. The fourth-order valence-corrected chi connectivity index (χ4v) is 10.4. The van der Waals surface area contributed by atoms with Gasteiger partial charge in [0.25, 0.3) is 0 Å². The van der Waals surface area contributed by atoms with Gasteiger partial charge in [0, 0.05) is 47.0 Å². The second-order valence-electron chi connectivity index (χ2n) is 16.6. The number of hydrogen-bond acceptors (Lipinski definition) is 7. The Kier molecular flexibility index (Phi) is 18.3. The molecule has 0 aliphatic heterocycles. The highest BCUT2D eigenvalue weighted by Crippen LogP contribution is 2.53. The van der Waals surface area contributed by atoms with Crippen LogP contribution in [0.3, 0.4) is 0 Å². The van der Waals surface area contributed by atoms with Crippen LogP contribution in [-0.2, 0) is 19.7 Å². The number of amides is 1. The monoisotopic (exact) mass is 866 g/mol. The number of ketones is 1. The molecular formula is C44H62Cl2F2N4O3S2. The molecule has 57 heavy (non-hydrogen) atoms. The molecule has 316 valence electrons. The van der Waals surface area contributed by atoms with Crippen LogP contribution in [0.2, 0.25) is 5.02 Å². The molecule has 0 saturated heterocycles. The summed E-state index contributed by atoms with van der Waals surface area (Å²) < 4.78 is 33.9. The summed E-state index contributed by atoms with van der Waals surface area (Å²) in [4.78, 5) is 28.1. The van der Waals surface area contributed by atoms with Crippen molar-refractivity contribution in [2.24, 2.45) is 40.5 Å². The van der Waals surface area contributed by atoms with E-state index in [1.54, 1.807) is 13.2 Å². The molecule has 0 spiro atoms. The quantitative estimate of drug-likeness (QED) is 0.0300. The van der Waals surface area contributed by atoms with Gasteiger partial charge >= 0.3 is 0 Å². The zero-order valence-corrected chi connectivity index (χ0v) is 37.4. The molecule has 6 N–H and O–H groups in total. The number of alkyl halides is 2. The molecule has 8 unspecified atom stereocenters. The van der Waals surface area contributed by atoms with Crippen LogP contribution in [0.25, 0.3) is 0 Å². The van der Waals surface area contributed by atoms with Crippen LogP contribution >= 0.6 is 46.9 Å². The van der Waals surface area contributed by atoms with Crippen LogP contribution in [-0.4, -0.2) is 54.6 Å². The second kappa shape index (κ2) is 21.9. The van der Waals surface area contributed by atoms with Crippen LogP contribution in [0.5, 0.6) is 0 Å². The number of nitrogens with one attached hydrogen (secondary N) is 2. The van der Waals surface area contributed by atoms with E-state index in [2.05, 4.69) is 31.3 Å². The van der Waals surface area contributed by atoms with E-state index in [0.29, 0.717) is 43.0 Å². The maximum Gasteiger partial charge on any atom is 0.223 e. The number of ether oxygens (including phenoxy) is 1. The molecule has 1 amide bonds. The summed E-state index contributed by atoms with van der Waals surface area (Å²) >= 11 is 16.5. The number of thioether (sulfide) groups is 1. The number of carbonyl (C=O) groups is 2. The van der Waals surface area contributed by atoms with Gasteiger partial charge in [-0.25, -0.2) is 4.39 Å². The average Bonchev–Trinajstić information content (AvgIpc) is 3.92. The van der Waals surface area contributed by atoms with Gasteiger partial charge in [-0.1, -0.05) is 80.7 Å². The number of fused-ring (bicyclic) bond motifs is 1. The third-order valence-electron chi connectivity index (χ3n) is 12.3. The molecule has 7 nitrogen and oxygen atoms in total. The van der Waals surface area contributed by atoms with E-state index in [1.807, 2.05) is 43.8 Å². The fraction of sp³-hybridized carbons (Fsp3) is 0.614. The highest BCUT2D eigenvalue weighted by atomic mass is 35.5. The lowest BCUT2D eigenvalue weighted by molar-refractivity contribution is -0.130. The molecule has 1 fully saturated rings. The molecule has 4 rings (SSSR count). The summed E-state index contributed by atoms with van der Waals surface area (Å²) in [5, 5.41) is 16.7. The van der Waals surface area contributed by atoms with Crippen molar-refractivity contribution in [1.82, 2.24) is 5.32 Å². The first kappa shape index (κ1) is 47.5. The Morgan fingerprint density at radius 2 is 1.84 bits per heavy atom. The normalized spacial score (nSPS) is 22.4. The van der Waals surface area contributed by atoms with E-state index in [-0.39, 0.29) is 58.3 Å². The third kappa shape index (κ3) is 13.2. The van der Waals surface area contributed by atoms with Gasteiger partial charge < -0.3 is 15.8 Å². The smallest absolute Gasteiger partial charge is 0.223 e. The van der Waals surface area contributed by atoms with Crippen molar-refractivity contribution in [3.8, 4) is 0 Å². The number of Topliss-reactive ketones (excluding diaryl/α,β-unsaturated/α-hetero) is 1. The van der Waals surface area contributed by atoms with Gasteiger partial charge in [-0.15, -0.1) is 23.4 Å². The van der Waals surface area contributed by atoms with Crippen LogP contribution in [0, 0.1) is 35.0 Å². The van der Waals surface area contributed by atoms with Crippen molar-refractivity contribution < 1.29 is 23.1 Å². The molecule has 13 heteroatoms. The maximum absolute atomic E-state index is 14.7. The number of hydrogen-bond donors (Lipinski definition) is 4. The lowest BCUT2D eigenvalue weighted by Crippen LogP contribution is -2.43. The van der Waals surface area contributed by atoms with Crippen LogP contribution in [0.15, 0.2) is 68.8 Å². The fourth-order valence-electron chi connectivity index (χ4n) is 7.97. The van der Waals surface area contributed by atoms with Crippen molar-refractivity contribution in [3.63, 3.8) is 0 Å². The number of nitrogens with two attached hydrogens (primary N) is 2. The third-order valence-corrected chi connectivity index (χ3v) is 15.0. The number of rotatable bonds is 22. The summed E-state index contributed by atoms with van der Waals surface area (Å²) in [5.41, 5.74) is 10.4. The molecule has 0 radical (unpaired) electrons. The minimum atomic E-state index is -0.657. The van der Waals surface area contributed by atoms with Gasteiger partial charge in [-0.05, 0) is 117 Å². The standard InChI is InChI=1S/C44H62Cl2F2N4O3S2/c1-25(26(2)42(49)50)8-7-9-38(27(3)53)52-43(54)29(14-16-47)20-34(45)15-17-56-41-23-30(28-10-12-37(48)39(22-28)55-6)18-33(19-31-21-35(31)41)44(4,5)32-11-13-40(57-51)36(46)24-32/h10-13,19,24-26,29-31,34,38-39H,7-9,14-18,20-23,51H2,1-6H3,(H3,49,50)(H,52,54). The van der Waals surface area contributed by atoms with Crippen molar-refractivity contribution >= 4 is 64.4 Å². The number of halogens is 4. The predicted molar refractivity (Wildman–Crippen MR) is 235 cm³/mol. The van der Waals surface area contributed by atoms with Crippen LogP contribution < -0.4 is 16.2 Å². The molecule has 1 aromatic rings. The predicted octanol–water partition coefficient (Wildman–Crippen LogP) is 10.9. The number of amidine groups is 1. The van der Waals surface area contributed by atoms with Crippen LogP contribution in [0.1, 0.15) is 104 Å². The van der Waals surface area contributed by atoms with Gasteiger partial charge in [-0.2, -0.15) is 0 Å². The molecule has 3 aliphatic rings. The van der Waals surface area contributed by atoms with E-state index >= 15 is 0 Å². The van der Waals surface area contributed by atoms with Gasteiger partial charge in [0.2, 0.25) is 5.91 Å². The van der Waals surface area contributed by atoms with Gasteiger partial charge in [-0.3, -0.25) is 24.5 Å². The summed E-state index contributed by atoms with van der Waals surface area (Å²) in [7, 11) is 1.55. The van der Waals surface area contributed by atoms with E-state index in [1.165, 1.54) is 23.0 Å². The van der Waals surface area contributed by atoms with E-state index < -0.39 is 24.7 Å². The first-order chi connectivity index (χ1) is 27.0. The highest BCUT2D eigenvalue weighted by Gasteiger charge is 2.39. The average molecular weight is 868 g/mol. The summed E-state index contributed by atoms with van der Waals surface area (Å²) in [6, 6.07) is 5.44. The van der Waals surface area contributed by atoms with Crippen molar-refractivity contribution in [2.75, 3.05) is 19.5 Å². The molecule has 0 bridgehead atoms. The number of allylic oxidation sites excluding steroid dienone is 6. The Morgan fingerprint density at radius 3 is 2.47 bits per heavy atom. The topological polar surface area (TPSA) is 131 Å². The first-order valence-electron chi connectivity index (χ1n) is 20.2. The van der Waals surface area contributed by atoms with E-state index in [0.717, 1.165) is 59.4 Å². The number of carbonyl (C=O) groups excluding carboxylic acids is 2. The second-order valence-corrected chi connectivity index (χ2v) is 19.5. The zero-order chi connectivity index (χ0) is 42.0. The Morgan fingerprint density at radius 1 is 1.11 bits per heavy atom. The maximum atomic E-state index is 14.7.